The minimum Gasteiger partial charge on any atom is -0.497 e. The highest BCUT2D eigenvalue weighted by Crippen LogP contribution is 2.21. The Balaban J connectivity index is 1.59. The first-order valence-electron chi connectivity index (χ1n) is 8.25. The maximum atomic E-state index is 12.0. The highest BCUT2D eigenvalue weighted by molar-refractivity contribution is 5.92. The van der Waals surface area contributed by atoms with Gasteiger partial charge >= 0.3 is 0 Å². The summed E-state index contributed by atoms with van der Waals surface area (Å²) in [4.78, 5) is 16.3. The minimum absolute atomic E-state index is 0.131. The summed E-state index contributed by atoms with van der Waals surface area (Å²) in [5.41, 5.74) is 1.58. The van der Waals surface area contributed by atoms with Crippen molar-refractivity contribution in [3.8, 4) is 22.9 Å². The monoisotopic (exact) mass is 365 g/mol. The van der Waals surface area contributed by atoms with Crippen molar-refractivity contribution < 1.29 is 18.8 Å². The van der Waals surface area contributed by atoms with Gasteiger partial charge in [0.15, 0.2) is 0 Å². The van der Waals surface area contributed by atoms with Gasteiger partial charge in [-0.25, -0.2) is 0 Å². The summed E-state index contributed by atoms with van der Waals surface area (Å²) in [5.74, 6) is 1.87. The molecule has 0 saturated carbocycles. The standard InChI is InChI=1S/C20H19N3O4/c1-25-16-8-5-7-15(12-16)20-22-19(27-23-20)13-21-18(24)11-10-14-6-3-4-9-17(14)26-2/h3-12H,13H2,1-2H3,(H,21,24)/b11-10+. The number of hydrogen-bond donors (Lipinski definition) is 1. The topological polar surface area (TPSA) is 86.5 Å². The van der Waals surface area contributed by atoms with Crippen LogP contribution in [-0.2, 0) is 11.3 Å². The van der Waals surface area contributed by atoms with Gasteiger partial charge in [0.1, 0.15) is 11.5 Å². The predicted octanol–water partition coefficient (Wildman–Crippen LogP) is 3.08. The molecule has 3 aromatic rings. The molecular formula is C20H19N3O4. The van der Waals surface area contributed by atoms with Crippen molar-refractivity contribution in [1.29, 1.82) is 0 Å². The third kappa shape index (κ3) is 4.72. The highest BCUT2D eigenvalue weighted by atomic mass is 16.5. The van der Waals surface area contributed by atoms with Crippen LogP contribution >= 0.6 is 0 Å². The molecule has 0 unspecified atom stereocenters. The molecule has 1 amide bonds. The van der Waals surface area contributed by atoms with Crippen LogP contribution in [0.1, 0.15) is 11.5 Å². The van der Waals surface area contributed by atoms with E-state index in [-0.39, 0.29) is 12.5 Å². The van der Waals surface area contributed by atoms with Gasteiger partial charge in [-0.05, 0) is 24.3 Å². The van der Waals surface area contributed by atoms with Crippen molar-refractivity contribution >= 4 is 12.0 Å². The molecule has 0 aliphatic rings. The predicted molar refractivity (Wildman–Crippen MR) is 100 cm³/mol. The molecule has 0 saturated heterocycles. The van der Waals surface area contributed by atoms with E-state index in [2.05, 4.69) is 15.5 Å². The Kier molecular flexibility index (Phi) is 5.84. The lowest BCUT2D eigenvalue weighted by molar-refractivity contribution is -0.116. The van der Waals surface area contributed by atoms with Crippen molar-refractivity contribution in [2.24, 2.45) is 0 Å². The zero-order valence-corrected chi connectivity index (χ0v) is 15.0. The maximum Gasteiger partial charge on any atom is 0.246 e. The quantitative estimate of drug-likeness (QED) is 0.648. The number of hydrogen-bond acceptors (Lipinski definition) is 6. The molecule has 0 aliphatic heterocycles. The molecule has 0 spiro atoms. The third-order valence-corrected chi connectivity index (χ3v) is 3.76. The molecule has 7 heteroatoms. The normalized spacial score (nSPS) is 10.7. The van der Waals surface area contributed by atoms with Gasteiger partial charge in [0, 0.05) is 17.2 Å². The molecule has 1 heterocycles. The molecule has 1 N–H and O–H groups in total. The Morgan fingerprint density at radius 2 is 2.00 bits per heavy atom. The van der Waals surface area contributed by atoms with Gasteiger partial charge in [-0.3, -0.25) is 4.79 Å². The van der Waals surface area contributed by atoms with Gasteiger partial charge in [-0.2, -0.15) is 4.98 Å². The summed E-state index contributed by atoms with van der Waals surface area (Å²) >= 11 is 0. The molecule has 27 heavy (non-hydrogen) atoms. The van der Waals surface area contributed by atoms with Crippen molar-refractivity contribution in [1.82, 2.24) is 15.5 Å². The average Bonchev–Trinajstić information content (AvgIpc) is 3.20. The summed E-state index contributed by atoms with van der Waals surface area (Å²) in [7, 11) is 3.18. The fraction of sp³-hybridized carbons (Fsp3) is 0.150. The number of amides is 1. The van der Waals surface area contributed by atoms with E-state index in [1.54, 1.807) is 20.3 Å². The Bertz CT molecular complexity index is 950. The number of methoxy groups -OCH3 is 2. The van der Waals surface area contributed by atoms with E-state index in [1.165, 1.54) is 6.08 Å². The Morgan fingerprint density at radius 1 is 1.15 bits per heavy atom. The van der Waals surface area contributed by atoms with Gasteiger partial charge in [-0.1, -0.05) is 35.5 Å². The second kappa shape index (κ2) is 8.66. The van der Waals surface area contributed by atoms with Crippen molar-refractivity contribution in [3.05, 3.63) is 66.1 Å². The van der Waals surface area contributed by atoms with Crippen LogP contribution < -0.4 is 14.8 Å². The summed E-state index contributed by atoms with van der Waals surface area (Å²) in [6, 6.07) is 14.8. The number of ether oxygens (including phenoxy) is 2. The van der Waals surface area contributed by atoms with Crippen molar-refractivity contribution in [2.45, 2.75) is 6.54 Å². The lowest BCUT2D eigenvalue weighted by Crippen LogP contribution is -2.20. The van der Waals surface area contributed by atoms with Gasteiger partial charge in [0.2, 0.25) is 17.6 Å². The molecule has 1 aromatic heterocycles. The van der Waals surface area contributed by atoms with Gasteiger partial charge in [0.25, 0.3) is 0 Å². The van der Waals surface area contributed by atoms with Crippen LogP contribution in [0.25, 0.3) is 17.5 Å². The van der Waals surface area contributed by atoms with Crippen LogP contribution in [0.4, 0.5) is 0 Å². The number of carbonyl (C=O) groups is 1. The number of para-hydroxylation sites is 1. The Hall–Kier alpha value is -3.61. The van der Waals surface area contributed by atoms with E-state index in [0.29, 0.717) is 23.2 Å². The van der Waals surface area contributed by atoms with Crippen LogP contribution in [0.5, 0.6) is 11.5 Å². The number of benzene rings is 2. The maximum absolute atomic E-state index is 12.0. The van der Waals surface area contributed by atoms with E-state index in [9.17, 15) is 4.79 Å². The molecule has 3 rings (SSSR count). The van der Waals surface area contributed by atoms with Gasteiger partial charge in [-0.15, -0.1) is 0 Å². The highest BCUT2D eigenvalue weighted by Gasteiger charge is 2.10. The van der Waals surface area contributed by atoms with Crippen molar-refractivity contribution in [3.63, 3.8) is 0 Å². The fourth-order valence-electron chi connectivity index (χ4n) is 2.40. The molecule has 138 valence electrons. The van der Waals surface area contributed by atoms with E-state index in [1.807, 2.05) is 48.5 Å². The largest absolute Gasteiger partial charge is 0.497 e. The van der Waals surface area contributed by atoms with E-state index < -0.39 is 0 Å². The van der Waals surface area contributed by atoms with E-state index in [0.717, 1.165) is 11.1 Å². The van der Waals surface area contributed by atoms with E-state index >= 15 is 0 Å². The first-order valence-corrected chi connectivity index (χ1v) is 8.25. The molecule has 0 radical (unpaired) electrons. The molecule has 0 atom stereocenters. The lowest BCUT2D eigenvalue weighted by atomic mass is 10.2. The van der Waals surface area contributed by atoms with Crippen LogP contribution in [-0.4, -0.2) is 30.3 Å². The average molecular weight is 365 g/mol. The summed E-state index contributed by atoms with van der Waals surface area (Å²) in [6.45, 7) is 0.131. The lowest BCUT2D eigenvalue weighted by Gasteiger charge is -2.03. The number of nitrogens with zero attached hydrogens (tertiary/aromatic N) is 2. The first-order chi connectivity index (χ1) is 13.2. The zero-order chi connectivity index (χ0) is 19.1. The molecule has 2 aromatic carbocycles. The van der Waals surface area contributed by atoms with Gasteiger partial charge < -0.3 is 19.3 Å². The second-order valence-electron chi connectivity index (χ2n) is 5.54. The summed E-state index contributed by atoms with van der Waals surface area (Å²) in [5, 5.41) is 6.64. The smallest absolute Gasteiger partial charge is 0.246 e. The number of aromatic nitrogens is 2. The molecule has 0 aliphatic carbocycles. The first kappa shape index (κ1) is 18.2. The van der Waals surface area contributed by atoms with Gasteiger partial charge in [0.05, 0.1) is 20.8 Å². The Labute approximate surface area is 156 Å². The van der Waals surface area contributed by atoms with Crippen LogP contribution in [0.2, 0.25) is 0 Å². The molecule has 7 nitrogen and oxygen atoms in total. The van der Waals surface area contributed by atoms with Crippen LogP contribution in [0.3, 0.4) is 0 Å². The second-order valence-corrected chi connectivity index (χ2v) is 5.54. The third-order valence-electron chi connectivity index (χ3n) is 3.76. The fourth-order valence-corrected chi connectivity index (χ4v) is 2.40. The molecule has 0 fully saturated rings. The minimum atomic E-state index is -0.276. The van der Waals surface area contributed by atoms with Crippen molar-refractivity contribution in [2.75, 3.05) is 14.2 Å². The summed E-state index contributed by atoms with van der Waals surface area (Å²) in [6.07, 6.45) is 3.11. The molecular weight excluding hydrogens is 346 g/mol. The Morgan fingerprint density at radius 3 is 2.81 bits per heavy atom. The SMILES string of the molecule is COc1cccc(-c2noc(CNC(=O)/C=C/c3ccccc3OC)n2)c1. The van der Waals surface area contributed by atoms with Crippen LogP contribution in [0.15, 0.2) is 59.1 Å². The zero-order valence-electron chi connectivity index (χ0n) is 15.0. The number of carbonyl (C=O) groups excluding carboxylic acids is 1. The number of rotatable bonds is 7. The number of nitrogens with one attached hydrogen (secondary N) is 1. The summed E-state index contributed by atoms with van der Waals surface area (Å²) < 4.78 is 15.6. The van der Waals surface area contributed by atoms with Crippen LogP contribution in [0, 0.1) is 0 Å². The van der Waals surface area contributed by atoms with E-state index in [4.69, 9.17) is 14.0 Å². The molecule has 0 bridgehead atoms.